The second-order valence-corrected chi connectivity index (χ2v) is 5.32. The topological polar surface area (TPSA) is 128 Å². The molecule has 21 heavy (non-hydrogen) atoms. The molecule has 0 aromatic carbocycles. The monoisotopic (exact) mass is 319 g/mol. The first-order valence-electron chi connectivity index (χ1n) is 6.72. The summed E-state index contributed by atoms with van der Waals surface area (Å²) in [6, 6.07) is -2.77. The number of hydrogen-bond donors (Lipinski definition) is 6. The van der Waals surface area contributed by atoms with Crippen LogP contribution in [0.2, 0.25) is 0 Å². The van der Waals surface area contributed by atoms with Crippen molar-refractivity contribution in [2.24, 2.45) is 0 Å². The van der Waals surface area contributed by atoms with Gasteiger partial charge in [-0.05, 0) is 26.3 Å². The van der Waals surface area contributed by atoms with Crippen LogP contribution in [0, 0.1) is 0 Å². The van der Waals surface area contributed by atoms with Crippen LogP contribution in [0.4, 0.5) is 0 Å². The van der Waals surface area contributed by atoms with Gasteiger partial charge < -0.3 is 26.2 Å². The molecule has 1 aliphatic rings. The Balaban J connectivity index is 2.65. The summed E-state index contributed by atoms with van der Waals surface area (Å²) in [5, 5.41) is 26.2. The molecule has 0 aromatic rings. The maximum absolute atomic E-state index is 12.0. The molecule has 2 amide bonds. The van der Waals surface area contributed by atoms with Gasteiger partial charge >= 0.3 is 5.97 Å². The Morgan fingerprint density at radius 2 is 2.05 bits per heavy atom. The maximum atomic E-state index is 12.0. The van der Waals surface area contributed by atoms with E-state index in [1.54, 1.807) is 0 Å². The summed E-state index contributed by atoms with van der Waals surface area (Å²) in [5.74, 6) is -2.46. The van der Waals surface area contributed by atoms with Crippen molar-refractivity contribution in [3.05, 3.63) is 0 Å². The lowest BCUT2D eigenvalue weighted by Crippen LogP contribution is -2.58. The van der Waals surface area contributed by atoms with Crippen molar-refractivity contribution in [3.8, 4) is 0 Å². The molecule has 1 aliphatic heterocycles. The Bertz CT molecular complexity index is 398. The number of rotatable bonds is 7. The molecular formula is C12H21N3O5S. The number of nitrogens with one attached hydrogen (secondary N) is 3. The fraction of sp³-hybridized carbons (Fsp3) is 0.750. The molecule has 1 heterocycles. The number of aliphatic carboxylic acids is 1. The van der Waals surface area contributed by atoms with Crippen LogP contribution in [0.3, 0.4) is 0 Å². The van der Waals surface area contributed by atoms with Gasteiger partial charge in [0.1, 0.15) is 12.1 Å². The Kier molecular flexibility index (Phi) is 6.93. The van der Waals surface area contributed by atoms with Crippen LogP contribution in [0.1, 0.15) is 19.8 Å². The number of amides is 2. The highest BCUT2D eigenvalue weighted by atomic mass is 32.1. The fourth-order valence-electron chi connectivity index (χ4n) is 2.01. The second-order valence-electron chi connectivity index (χ2n) is 4.96. The lowest BCUT2D eigenvalue weighted by molar-refractivity contribution is -0.142. The molecule has 120 valence electrons. The molecule has 4 atom stereocenters. The van der Waals surface area contributed by atoms with Crippen LogP contribution in [-0.2, 0) is 14.4 Å². The molecule has 8 nitrogen and oxygen atoms in total. The van der Waals surface area contributed by atoms with Gasteiger partial charge in [0.25, 0.3) is 0 Å². The van der Waals surface area contributed by atoms with Gasteiger partial charge in [-0.25, -0.2) is 4.79 Å². The summed E-state index contributed by atoms with van der Waals surface area (Å²) < 4.78 is 0. The van der Waals surface area contributed by atoms with Crippen LogP contribution >= 0.6 is 12.6 Å². The first kappa shape index (κ1) is 17.7. The molecule has 5 N–H and O–H groups in total. The van der Waals surface area contributed by atoms with Gasteiger partial charge in [-0.1, -0.05) is 0 Å². The summed E-state index contributed by atoms with van der Waals surface area (Å²) in [4.78, 5) is 34.8. The van der Waals surface area contributed by atoms with Gasteiger partial charge in [-0.2, -0.15) is 12.6 Å². The van der Waals surface area contributed by atoms with E-state index in [4.69, 9.17) is 5.11 Å². The molecule has 0 bridgehead atoms. The number of carboxylic acid groups (broad SMARTS) is 1. The third-order valence-corrected chi connectivity index (χ3v) is 3.60. The fourth-order valence-corrected chi connectivity index (χ4v) is 2.26. The van der Waals surface area contributed by atoms with Crippen molar-refractivity contribution in [3.63, 3.8) is 0 Å². The highest BCUT2D eigenvalue weighted by molar-refractivity contribution is 7.80. The molecule has 9 heteroatoms. The highest BCUT2D eigenvalue weighted by Crippen LogP contribution is 2.06. The smallest absolute Gasteiger partial charge is 0.327 e. The number of hydrogen-bond acceptors (Lipinski definition) is 6. The summed E-state index contributed by atoms with van der Waals surface area (Å²) in [6.45, 7) is 2.08. The van der Waals surface area contributed by atoms with Gasteiger partial charge in [0.2, 0.25) is 11.8 Å². The summed E-state index contributed by atoms with van der Waals surface area (Å²) in [6.07, 6.45) is 0.378. The number of carboxylic acids is 1. The third kappa shape index (κ3) is 5.18. The van der Waals surface area contributed by atoms with Gasteiger partial charge in [0, 0.05) is 5.75 Å². The van der Waals surface area contributed by atoms with E-state index in [1.807, 2.05) is 0 Å². The van der Waals surface area contributed by atoms with Crippen LogP contribution < -0.4 is 16.0 Å². The first-order chi connectivity index (χ1) is 9.86. The quantitative estimate of drug-likeness (QED) is 0.304. The van der Waals surface area contributed by atoms with E-state index < -0.39 is 30.1 Å². The van der Waals surface area contributed by atoms with E-state index in [1.165, 1.54) is 6.92 Å². The number of carbonyl (C=O) groups is 3. The molecule has 0 aromatic heterocycles. The van der Waals surface area contributed by atoms with Crippen molar-refractivity contribution in [2.45, 2.75) is 44.0 Å². The minimum Gasteiger partial charge on any atom is -0.480 e. The first-order valence-corrected chi connectivity index (χ1v) is 7.36. The normalized spacial score (nSPS) is 22.1. The molecule has 1 saturated heterocycles. The third-order valence-electron chi connectivity index (χ3n) is 3.24. The van der Waals surface area contributed by atoms with Crippen LogP contribution in [0.5, 0.6) is 0 Å². The van der Waals surface area contributed by atoms with Crippen molar-refractivity contribution in [2.75, 3.05) is 12.3 Å². The Morgan fingerprint density at radius 3 is 2.48 bits per heavy atom. The predicted molar refractivity (Wildman–Crippen MR) is 78.1 cm³/mol. The van der Waals surface area contributed by atoms with E-state index in [9.17, 15) is 19.5 Å². The molecule has 4 unspecified atom stereocenters. The standard InChI is InChI=1S/C12H21N3O5S/c1-6(16)9(11(18)14-8(5-21)12(19)20)15-10(17)7-3-2-4-13-7/h6-9,13,16,21H,2-5H2,1H3,(H,14,18)(H,15,17)(H,19,20). The Hall–Kier alpha value is -1.32. The number of aliphatic hydroxyl groups excluding tert-OH is 1. The average Bonchev–Trinajstić information content (AvgIpc) is 2.94. The van der Waals surface area contributed by atoms with Crippen LogP contribution in [0.15, 0.2) is 0 Å². The van der Waals surface area contributed by atoms with Gasteiger partial charge in [-0.3, -0.25) is 9.59 Å². The van der Waals surface area contributed by atoms with E-state index in [0.29, 0.717) is 6.42 Å². The van der Waals surface area contributed by atoms with Gasteiger partial charge in [0.05, 0.1) is 12.1 Å². The highest BCUT2D eigenvalue weighted by Gasteiger charge is 2.31. The molecule has 1 rings (SSSR count). The number of carbonyl (C=O) groups excluding carboxylic acids is 2. The predicted octanol–water partition coefficient (Wildman–Crippen LogP) is -1.90. The van der Waals surface area contributed by atoms with Gasteiger partial charge in [0.15, 0.2) is 0 Å². The number of aliphatic hydroxyl groups is 1. The van der Waals surface area contributed by atoms with Crippen LogP contribution in [0.25, 0.3) is 0 Å². The summed E-state index contributed by atoms with van der Waals surface area (Å²) in [7, 11) is 0. The zero-order chi connectivity index (χ0) is 16.0. The van der Waals surface area contributed by atoms with Crippen molar-refractivity contribution in [1.82, 2.24) is 16.0 Å². The Labute approximate surface area is 128 Å². The Morgan fingerprint density at radius 1 is 1.38 bits per heavy atom. The van der Waals surface area contributed by atoms with E-state index in [-0.39, 0.29) is 17.7 Å². The van der Waals surface area contributed by atoms with Crippen molar-refractivity contribution >= 4 is 30.4 Å². The largest absolute Gasteiger partial charge is 0.480 e. The maximum Gasteiger partial charge on any atom is 0.327 e. The molecule has 0 spiro atoms. The molecular weight excluding hydrogens is 298 g/mol. The average molecular weight is 319 g/mol. The summed E-state index contributed by atoms with van der Waals surface area (Å²) >= 11 is 3.84. The lowest BCUT2D eigenvalue weighted by atomic mass is 10.1. The molecule has 0 saturated carbocycles. The van der Waals surface area contributed by atoms with Gasteiger partial charge in [-0.15, -0.1) is 0 Å². The van der Waals surface area contributed by atoms with E-state index >= 15 is 0 Å². The SMILES string of the molecule is CC(O)C(NC(=O)C1CCCN1)C(=O)NC(CS)C(=O)O. The lowest BCUT2D eigenvalue weighted by Gasteiger charge is -2.24. The van der Waals surface area contributed by atoms with Crippen LogP contribution in [-0.4, -0.2) is 64.5 Å². The molecule has 0 radical (unpaired) electrons. The minimum atomic E-state index is -1.23. The second kappa shape index (κ2) is 8.20. The van der Waals surface area contributed by atoms with Crippen molar-refractivity contribution in [1.29, 1.82) is 0 Å². The zero-order valence-corrected chi connectivity index (χ0v) is 12.6. The zero-order valence-electron chi connectivity index (χ0n) is 11.7. The number of thiol groups is 1. The molecule has 1 fully saturated rings. The van der Waals surface area contributed by atoms with Crippen molar-refractivity contribution < 1.29 is 24.6 Å². The van der Waals surface area contributed by atoms with E-state index in [0.717, 1.165) is 13.0 Å². The van der Waals surface area contributed by atoms with E-state index in [2.05, 4.69) is 28.6 Å². The minimum absolute atomic E-state index is 0.0915. The summed E-state index contributed by atoms with van der Waals surface area (Å²) in [5.41, 5.74) is 0. The molecule has 0 aliphatic carbocycles.